The van der Waals surface area contributed by atoms with Crippen LogP contribution in [-0.2, 0) is 16.1 Å². The first-order chi connectivity index (χ1) is 9.49. The summed E-state index contributed by atoms with van der Waals surface area (Å²) in [5.74, 6) is -0.310. The molecular weight excluding hydrogens is 259 g/mol. The van der Waals surface area contributed by atoms with Crippen molar-refractivity contribution < 1.29 is 14.0 Å². The first kappa shape index (κ1) is 13.1. The Labute approximate surface area is 117 Å². The van der Waals surface area contributed by atoms with E-state index in [1.165, 1.54) is 17.0 Å². The predicted octanol–water partition coefficient (Wildman–Crippen LogP) is 1.45. The molecule has 4 nitrogen and oxygen atoms in total. The number of carbonyl (C=O) groups is 2. The van der Waals surface area contributed by atoms with Crippen molar-refractivity contribution in [2.75, 3.05) is 6.54 Å². The van der Waals surface area contributed by atoms with E-state index in [0.717, 1.165) is 12.8 Å². The molecule has 1 saturated carbocycles. The molecule has 2 fully saturated rings. The molecule has 1 aliphatic heterocycles. The van der Waals surface area contributed by atoms with E-state index < -0.39 is 5.54 Å². The zero-order valence-corrected chi connectivity index (χ0v) is 11.4. The van der Waals surface area contributed by atoms with Crippen molar-refractivity contribution in [2.45, 2.75) is 31.8 Å². The van der Waals surface area contributed by atoms with Gasteiger partial charge in [0, 0.05) is 6.54 Å². The third-order valence-corrected chi connectivity index (χ3v) is 4.12. The van der Waals surface area contributed by atoms with Crippen LogP contribution < -0.4 is 5.32 Å². The van der Waals surface area contributed by atoms with Gasteiger partial charge >= 0.3 is 0 Å². The molecule has 0 aromatic heterocycles. The summed E-state index contributed by atoms with van der Waals surface area (Å²) in [5, 5.41) is 2.83. The lowest BCUT2D eigenvalue weighted by Gasteiger charge is -2.40. The molecular formula is C15H17FN2O2. The van der Waals surface area contributed by atoms with Crippen molar-refractivity contribution in [3.05, 3.63) is 35.6 Å². The van der Waals surface area contributed by atoms with Crippen molar-refractivity contribution in [3.63, 3.8) is 0 Å². The molecule has 106 valence electrons. The highest BCUT2D eigenvalue weighted by Gasteiger charge is 2.52. The molecule has 0 spiro atoms. The lowest BCUT2D eigenvalue weighted by molar-refractivity contribution is -0.150. The summed E-state index contributed by atoms with van der Waals surface area (Å²) < 4.78 is 13.2. The van der Waals surface area contributed by atoms with Crippen molar-refractivity contribution >= 4 is 11.8 Å². The third-order valence-electron chi connectivity index (χ3n) is 4.12. The second-order valence-electron chi connectivity index (χ2n) is 5.82. The fourth-order valence-electron chi connectivity index (χ4n) is 2.88. The van der Waals surface area contributed by atoms with Crippen molar-refractivity contribution in [2.24, 2.45) is 5.92 Å². The second kappa shape index (κ2) is 4.58. The van der Waals surface area contributed by atoms with E-state index in [0.29, 0.717) is 5.56 Å². The van der Waals surface area contributed by atoms with Crippen molar-refractivity contribution in [1.82, 2.24) is 10.2 Å². The van der Waals surface area contributed by atoms with Crippen LogP contribution in [0.25, 0.3) is 0 Å². The lowest BCUT2D eigenvalue weighted by atomic mass is 9.91. The average molecular weight is 276 g/mol. The number of halogens is 1. The summed E-state index contributed by atoms with van der Waals surface area (Å²) in [5.41, 5.74) is -0.0888. The Hall–Kier alpha value is -1.91. The summed E-state index contributed by atoms with van der Waals surface area (Å²) in [7, 11) is 0. The van der Waals surface area contributed by atoms with E-state index >= 15 is 0 Å². The first-order valence-electron chi connectivity index (χ1n) is 6.84. The molecule has 1 saturated heterocycles. The normalized spacial score (nSPS) is 26.6. The van der Waals surface area contributed by atoms with Crippen LogP contribution in [0.3, 0.4) is 0 Å². The van der Waals surface area contributed by atoms with Gasteiger partial charge in [-0.3, -0.25) is 9.59 Å². The van der Waals surface area contributed by atoms with E-state index in [2.05, 4.69) is 5.32 Å². The third kappa shape index (κ3) is 2.28. The van der Waals surface area contributed by atoms with Gasteiger partial charge in [0.1, 0.15) is 11.4 Å². The zero-order chi connectivity index (χ0) is 14.3. The standard InChI is InChI=1S/C15H17FN2O2/c1-15(11-5-6-11)14(20)18(9-13(19)17-15)8-10-3-2-4-12(16)7-10/h2-4,7,11H,5-6,8-9H2,1H3,(H,17,19). The van der Waals surface area contributed by atoms with Gasteiger partial charge in [0.05, 0.1) is 6.54 Å². The number of rotatable bonds is 3. The van der Waals surface area contributed by atoms with E-state index in [-0.39, 0.29) is 36.6 Å². The van der Waals surface area contributed by atoms with Crippen LogP contribution in [-0.4, -0.2) is 28.8 Å². The van der Waals surface area contributed by atoms with Gasteiger partial charge in [-0.05, 0) is 43.4 Å². The first-order valence-corrected chi connectivity index (χ1v) is 6.84. The van der Waals surface area contributed by atoms with Crippen LogP contribution in [0, 0.1) is 11.7 Å². The largest absolute Gasteiger partial charge is 0.340 e. The van der Waals surface area contributed by atoms with Gasteiger partial charge in [-0.15, -0.1) is 0 Å². The number of nitrogens with one attached hydrogen (secondary N) is 1. The summed E-state index contributed by atoms with van der Waals surface area (Å²) >= 11 is 0. The Kier molecular flexibility index (Phi) is 3.00. The van der Waals surface area contributed by atoms with Gasteiger partial charge in [0.15, 0.2) is 0 Å². The Morgan fingerprint density at radius 2 is 2.15 bits per heavy atom. The van der Waals surface area contributed by atoms with Gasteiger partial charge in [0.25, 0.3) is 0 Å². The monoisotopic (exact) mass is 276 g/mol. The Balaban J connectivity index is 1.81. The van der Waals surface area contributed by atoms with E-state index in [1.54, 1.807) is 19.1 Å². The molecule has 1 aliphatic carbocycles. The molecule has 1 aromatic rings. The fraction of sp³-hybridized carbons (Fsp3) is 0.467. The van der Waals surface area contributed by atoms with Crippen LogP contribution >= 0.6 is 0 Å². The minimum absolute atomic E-state index is 0.0393. The highest BCUT2D eigenvalue weighted by atomic mass is 19.1. The zero-order valence-electron chi connectivity index (χ0n) is 11.4. The molecule has 1 atom stereocenters. The maximum atomic E-state index is 13.2. The quantitative estimate of drug-likeness (QED) is 0.908. The Bertz CT molecular complexity index is 571. The summed E-state index contributed by atoms with van der Waals surface area (Å²) in [6.45, 7) is 2.10. The SMILES string of the molecule is CC1(C2CC2)NC(=O)CN(Cc2cccc(F)c2)C1=O. The van der Waals surface area contributed by atoms with E-state index in [1.807, 2.05) is 0 Å². The lowest BCUT2D eigenvalue weighted by Crippen LogP contribution is -2.66. The Morgan fingerprint density at radius 1 is 1.40 bits per heavy atom. The van der Waals surface area contributed by atoms with Gasteiger partial charge in [-0.1, -0.05) is 12.1 Å². The smallest absolute Gasteiger partial charge is 0.249 e. The molecule has 1 heterocycles. The minimum atomic E-state index is -0.789. The van der Waals surface area contributed by atoms with E-state index in [9.17, 15) is 14.0 Å². The van der Waals surface area contributed by atoms with Crippen molar-refractivity contribution in [3.8, 4) is 0 Å². The molecule has 1 N–H and O–H groups in total. The Morgan fingerprint density at radius 3 is 2.80 bits per heavy atom. The van der Waals surface area contributed by atoms with Crippen molar-refractivity contribution in [1.29, 1.82) is 0 Å². The summed E-state index contributed by atoms with van der Waals surface area (Å²) in [6.07, 6.45) is 1.94. The summed E-state index contributed by atoms with van der Waals surface area (Å²) in [6, 6.07) is 6.13. The molecule has 0 radical (unpaired) electrons. The number of carbonyl (C=O) groups excluding carboxylic acids is 2. The van der Waals surface area contributed by atoms with Crippen LogP contribution in [0.15, 0.2) is 24.3 Å². The molecule has 2 aliphatic rings. The van der Waals surface area contributed by atoms with Gasteiger partial charge in [0.2, 0.25) is 11.8 Å². The number of hydrogen-bond donors (Lipinski definition) is 1. The molecule has 1 aromatic carbocycles. The number of piperazine rings is 1. The van der Waals surface area contributed by atoms with Crippen LogP contribution in [0.5, 0.6) is 0 Å². The number of amides is 2. The van der Waals surface area contributed by atoms with Gasteiger partial charge < -0.3 is 10.2 Å². The molecule has 1 unspecified atom stereocenters. The topological polar surface area (TPSA) is 49.4 Å². The van der Waals surface area contributed by atoms with Crippen LogP contribution in [0.4, 0.5) is 4.39 Å². The molecule has 5 heteroatoms. The van der Waals surface area contributed by atoms with Crippen LogP contribution in [0.1, 0.15) is 25.3 Å². The van der Waals surface area contributed by atoms with Gasteiger partial charge in [-0.2, -0.15) is 0 Å². The maximum absolute atomic E-state index is 13.2. The number of nitrogens with zero attached hydrogens (tertiary/aromatic N) is 1. The van der Waals surface area contributed by atoms with Crippen LogP contribution in [0.2, 0.25) is 0 Å². The maximum Gasteiger partial charge on any atom is 0.249 e. The average Bonchev–Trinajstić information content (AvgIpc) is 3.20. The number of hydrogen-bond acceptors (Lipinski definition) is 2. The summed E-state index contributed by atoms with van der Waals surface area (Å²) in [4.78, 5) is 25.9. The molecule has 2 amide bonds. The van der Waals surface area contributed by atoms with E-state index in [4.69, 9.17) is 0 Å². The molecule has 3 rings (SSSR count). The minimum Gasteiger partial charge on any atom is -0.340 e. The molecule has 20 heavy (non-hydrogen) atoms. The second-order valence-corrected chi connectivity index (χ2v) is 5.82. The highest BCUT2D eigenvalue weighted by molar-refractivity contribution is 5.98. The molecule has 0 bridgehead atoms. The predicted molar refractivity (Wildman–Crippen MR) is 71.1 cm³/mol. The highest BCUT2D eigenvalue weighted by Crippen LogP contribution is 2.41. The fourth-order valence-corrected chi connectivity index (χ4v) is 2.88. The van der Waals surface area contributed by atoms with Gasteiger partial charge in [-0.25, -0.2) is 4.39 Å². The number of benzene rings is 1.